The van der Waals surface area contributed by atoms with Gasteiger partial charge in [0.25, 0.3) is 0 Å². The van der Waals surface area contributed by atoms with E-state index in [1.165, 1.54) is 36.4 Å². The lowest BCUT2D eigenvalue weighted by Gasteiger charge is -2.21. The van der Waals surface area contributed by atoms with E-state index in [0.29, 0.717) is 5.56 Å². The Labute approximate surface area is 513 Å². The molecule has 0 fully saturated rings. The fourth-order valence-electron chi connectivity index (χ4n) is 4.93. The Morgan fingerprint density at radius 2 is 0.872 bits per heavy atom. The predicted octanol–water partition coefficient (Wildman–Crippen LogP) is 15.3. The predicted molar refractivity (Wildman–Crippen MR) is 318 cm³/mol. The van der Waals surface area contributed by atoms with E-state index in [4.69, 9.17) is 77.4 Å². The summed E-state index contributed by atoms with van der Waals surface area (Å²) in [5.41, 5.74) is 21.4. The van der Waals surface area contributed by atoms with E-state index in [9.17, 15) is 49.1 Å². The number of alkyl halides is 9. The summed E-state index contributed by atoms with van der Waals surface area (Å²) in [6.07, 6.45) is -20.4. The largest absolute Gasteiger partial charge is 0.480 e. The maximum atomic E-state index is 13.3. The van der Waals surface area contributed by atoms with Crippen molar-refractivity contribution < 1.29 is 68.8 Å². The number of aliphatic hydroxyl groups is 1. The summed E-state index contributed by atoms with van der Waals surface area (Å²) < 4.78 is 124. The SMILES string of the molecule is C.C.C.C.CC.CC.CC.CC.Nc1nc(C[C@H](N)C(=O)O)cc(OC(c2cc#ccc2)C(F)(F)F)n1.Nc1nc(Cl)cc(Cl)n1.Nc1nc(Cl)cc(OC(c2cc#ccc2)C(F)(F)F)n1.O=Cc1cc#ccc1.OC(c1cc#ccc1)C(F)(F)F. The topological polar surface area (TPSA) is 274 Å². The number of anilines is 3. The molecule has 474 valence electrons. The maximum absolute atomic E-state index is 13.3. The Morgan fingerprint density at radius 1 is 0.535 bits per heavy atom. The standard InChI is InChI=1S/C15H13F3N4O3.C12H7ClF3N3O.C8H5F3O.C7H4O.C4H3Cl2N3.4C2H6.4CH4/c16-15(17,18)12(8-4-2-1-3-5-8)25-11-7-9(21-14(20)22-11)6-10(19)13(23)24;13-8-6-9(19-11(17)18-8)20-10(12(14,15)16)7-4-2-1-3-5-7;9-8(10,11)7(12)6-4-2-1-3-5-6;8-6-7-4-2-1-3-5-7;5-2-1-3(6)9-4(7)8-2;4*1-2;;;;/h2,4-5,7,10,12H,6,19H2,(H,23,24)(H2,20,21,22);2,4-6,10H,(H2,17,18,19);2,4-5,7,12H;2,4-6H;1H,(H2,7,8,9);4*1-2H3;4*1H4/t10-,12?;;;;;;;;;;;;/m0............/s1. The van der Waals surface area contributed by atoms with Crippen LogP contribution >= 0.6 is 34.8 Å². The first-order valence-electron chi connectivity index (χ1n) is 23.7. The Morgan fingerprint density at radius 3 is 1.16 bits per heavy atom. The molecular weight excluding hydrogens is 1210 g/mol. The number of nitrogens with two attached hydrogens (primary N) is 4. The first-order chi connectivity index (χ1) is 38.7. The van der Waals surface area contributed by atoms with Gasteiger partial charge >= 0.3 is 24.5 Å². The van der Waals surface area contributed by atoms with Gasteiger partial charge in [-0.25, -0.2) is 19.9 Å². The van der Waals surface area contributed by atoms with E-state index in [1.54, 1.807) is 18.2 Å². The van der Waals surface area contributed by atoms with Gasteiger partial charge in [0.2, 0.25) is 41.8 Å². The lowest BCUT2D eigenvalue weighted by molar-refractivity contribution is -0.206. The van der Waals surface area contributed by atoms with Crippen LogP contribution in [0.15, 0.2) is 91.0 Å². The number of nitrogen functional groups attached to an aromatic ring is 3. The summed E-state index contributed by atoms with van der Waals surface area (Å²) in [5, 5.41) is 17.9. The number of aromatic nitrogens is 6. The van der Waals surface area contributed by atoms with Crippen LogP contribution in [0, 0.1) is 48.5 Å². The Balaban J connectivity index is -0.000000235. The molecule has 0 amide bonds. The second-order valence-electron chi connectivity index (χ2n) is 13.7. The second kappa shape index (κ2) is 47.0. The first-order valence-corrected chi connectivity index (χ1v) is 24.8. The lowest BCUT2D eigenvalue weighted by atomic mass is 10.1. The molecule has 0 aliphatic carbocycles. The molecule has 86 heavy (non-hydrogen) atoms. The van der Waals surface area contributed by atoms with E-state index >= 15 is 0 Å². The Kier molecular flexibility index (Phi) is 48.6. The molecule has 7 aromatic rings. The van der Waals surface area contributed by atoms with Crippen molar-refractivity contribution in [1.82, 2.24) is 29.9 Å². The van der Waals surface area contributed by atoms with Crippen LogP contribution in [0.25, 0.3) is 0 Å². The van der Waals surface area contributed by atoms with Crippen LogP contribution in [0.2, 0.25) is 15.5 Å². The van der Waals surface area contributed by atoms with Gasteiger partial charge in [0.1, 0.15) is 21.5 Å². The van der Waals surface area contributed by atoms with Gasteiger partial charge in [-0.3, -0.25) is 9.59 Å². The highest BCUT2D eigenvalue weighted by Crippen LogP contribution is 2.38. The third-order valence-electron chi connectivity index (χ3n) is 8.05. The van der Waals surface area contributed by atoms with Crippen molar-refractivity contribution in [3.63, 3.8) is 0 Å². The van der Waals surface area contributed by atoms with Crippen LogP contribution in [-0.2, 0) is 11.2 Å². The smallest absolute Gasteiger partial charge is 0.429 e. The van der Waals surface area contributed by atoms with Crippen LogP contribution < -0.4 is 32.4 Å². The van der Waals surface area contributed by atoms with Crippen LogP contribution in [0.4, 0.5) is 57.4 Å². The number of aliphatic carboxylic acids is 1. The summed E-state index contributed by atoms with van der Waals surface area (Å²) in [6, 6.07) is 37.8. The number of ether oxygens (including phenoxy) is 2. The zero-order valence-corrected chi connectivity index (χ0v) is 47.1. The van der Waals surface area contributed by atoms with Gasteiger partial charge < -0.3 is 42.6 Å². The van der Waals surface area contributed by atoms with E-state index in [2.05, 4.69) is 78.4 Å². The summed E-state index contributed by atoms with van der Waals surface area (Å²) in [5.74, 6) is -2.65. The van der Waals surface area contributed by atoms with E-state index in [-0.39, 0.29) is 97.7 Å². The number of aliphatic hydroxyl groups excluding tert-OH is 1. The molecule has 28 heteroatoms. The molecule has 0 aliphatic heterocycles. The average molecular weight is 1280 g/mol. The summed E-state index contributed by atoms with van der Waals surface area (Å²) >= 11 is 16.5. The third kappa shape index (κ3) is 36.4. The van der Waals surface area contributed by atoms with E-state index < -0.39 is 54.7 Å². The summed E-state index contributed by atoms with van der Waals surface area (Å²) in [4.78, 5) is 42.4. The van der Waals surface area contributed by atoms with Crippen molar-refractivity contribution in [2.24, 2.45) is 5.73 Å². The normalized spacial score (nSPS) is 10.8. The van der Waals surface area contributed by atoms with Crippen LogP contribution in [0.1, 0.15) is 136 Å². The van der Waals surface area contributed by atoms with Crippen molar-refractivity contribution in [1.29, 1.82) is 0 Å². The quantitative estimate of drug-likeness (QED) is 0.0399. The minimum Gasteiger partial charge on any atom is -0.480 e. The highest BCUT2D eigenvalue weighted by atomic mass is 35.5. The molecule has 3 heterocycles. The zero-order valence-electron chi connectivity index (χ0n) is 44.8. The van der Waals surface area contributed by atoms with Crippen molar-refractivity contribution in [3.05, 3.63) is 183 Å². The highest BCUT2D eigenvalue weighted by Gasteiger charge is 2.44. The van der Waals surface area contributed by atoms with Crippen molar-refractivity contribution in [2.75, 3.05) is 17.2 Å². The molecule has 4 aromatic carbocycles. The van der Waals surface area contributed by atoms with Gasteiger partial charge in [0.15, 0.2) is 12.4 Å². The number of carboxylic acid groups (broad SMARTS) is 1. The van der Waals surface area contributed by atoms with Gasteiger partial charge in [-0.15, -0.1) is 0 Å². The van der Waals surface area contributed by atoms with Gasteiger partial charge in [0, 0.05) is 41.3 Å². The molecule has 10 N–H and O–H groups in total. The third-order valence-corrected chi connectivity index (χ3v) is 8.63. The molecule has 0 aliphatic rings. The fourth-order valence-corrected chi connectivity index (χ4v) is 5.55. The fraction of sp³-hybridized carbons (Fsp3) is 0.345. The summed E-state index contributed by atoms with van der Waals surface area (Å²) in [7, 11) is 0. The summed E-state index contributed by atoms with van der Waals surface area (Å²) in [6.45, 7) is 16.0. The van der Waals surface area contributed by atoms with Crippen molar-refractivity contribution in [2.45, 2.75) is 134 Å². The van der Waals surface area contributed by atoms with Gasteiger partial charge in [-0.05, 0) is 78.4 Å². The van der Waals surface area contributed by atoms with Crippen LogP contribution in [0.5, 0.6) is 11.8 Å². The number of nitrogens with zero attached hydrogens (tertiary/aromatic N) is 6. The molecule has 3 unspecified atom stereocenters. The molecule has 3 aromatic heterocycles. The Bertz CT molecular complexity index is 2760. The van der Waals surface area contributed by atoms with E-state index in [1.807, 2.05) is 55.4 Å². The monoisotopic (exact) mass is 1280 g/mol. The second-order valence-corrected chi connectivity index (χ2v) is 14.8. The van der Waals surface area contributed by atoms with Gasteiger partial charge in [-0.1, -0.05) is 168 Å². The number of carbonyl (C=O) groups is 2. The maximum Gasteiger partial charge on any atom is 0.429 e. The highest BCUT2D eigenvalue weighted by molar-refractivity contribution is 6.33. The molecule has 0 saturated heterocycles. The Hall–Kier alpha value is -8.30. The van der Waals surface area contributed by atoms with Gasteiger partial charge in [0.05, 0.1) is 5.69 Å². The lowest BCUT2D eigenvalue weighted by Crippen LogP contribution is -2.32. The molecule has 0 radical (unpaired) electrons. The molecule has 0 saturated carbocycles. The molecule has 7 rings (SSSR count). The minimum absolute atomic E-state index is 0. The number of hydrogen-bond acceptors (Lipinski definition) is 15. The average Bonchev–Trinajstić information content (AvgIpc) is 2.88. The van der Waals surface area contributed by atoms with Crippen molar-refractivity contribution in [3.8, 4) is 11.8 Å². The minimum atomic E-state index is -4.73. The van der Waals surface area contributed by atoms with Crippen LogP contribution in [-0.4, -0.2) is 76.9 Å². The number of rotatable bonds is 11. The molecular formula is C58H72Cl3F9N10O6. The van der Waals surface area contributed by atoms with Crippen molar-refractivity contribution >= 4 is 64.9 Å². The number of aldehydes is 1. The molecule has 0 bridgehead atoms. The number of hydrogen-bond donors (Lipinski definition) is 6. The number of carbonyl (C=O) groups excluding carboxylic acids is 1. The van der Waals surface area contributed by atoms with E-state index in [0.717, 1.165) is 42.7 Å². The first kappa shape index (κ1) is 88.9. The number of halogens is 12. The molecule has 16 nitrogen and oxygen atoms in total. The zero-order chi connectivity index (χ0) is 63.2. The number of carboxylic acids is 1. The molecule has 0 spiro atoms. The van der Waals surface area contributed by atoms with Crippen LogP contribution in [0.3, 0.4) is 0 Å². The van der Waals surface area contributed by atoms with Gasteiger partial charge in [-0.2, -0.15) is 49.5 Å². The molecule has 4 atom stereocenters.